The van der Waals surface area contributed by atoms with Crippen LogP contribution in [0.25, 0.3) is 0 Å². The lowest BCUT2D eigenvalue weighted by Gasteiger charge is -2.20. The van der Waals surface area contributed by atoms with Crippen molar-refractivity contribution < 1.29 is 23.7 Å². The third-order valence-corrected chi connectivity index (χ3v) is 4.42. The quantitative estimate of drug-likeness (QED) is 0.626. The number of ether oxygens (including phenoxy) is 5. The number of fused-ring (bicyclic) bond motifs is 7. The van der Waals surface area contributed by atoms with Crippen molar-refractivity contribution in [2.24, 2.45) is 23.7 Å². The van der Waals surface area contributed by atoms with E-state index in [0.717, 1.165) is 0 Å². The molecule has 0 amide bonds. The predicted molar refractivity (Wildman–Crippen MR) is 52.8 cm³/mol. The standard InChI is InChI=1S/C12H12O5/c1-3-13-9-5(1)7-8-6-2-4-14-10(6)16-12(8)17-11(7)15-9/h1-12H/t5-,6+,7-,8-,9+,10-,11+,12+/m1/s1. The number of hydrogen-bond donors (Lipinski definition) is 0. The van der Waals surface area contributed by atoms with Gasteiger partial charge in [0.1, 0.15) is 0 Å². The van der Waals surface area contributed by atoms with E-state index in [4.69, 9.17) is 23.7 Å². The van der Waals surface area contributed by atoms with Crippen molar-refractivity contribution in [2.75, 3.05) is 0 Å². The first-order valence-corrected chi connectivity index (χ1v) is 6.02. The van der Waals surface area contributed by atoms with Gasteiger partial charge in [0.2, 0.25) is 12.6 Å². The topological polar surface area (TPSA) is 46.2 Å². The molecule has 5 heterocycles. The van der Waals surface area contributed by atoms with Crippen LogP contribution in [0, 0.1) is 23.7 Å². The average Bonchev–Trinajstić information content (AvgIpc) is 2.95. The summed E-state index contributed by atoms with van der Waals surface area (Å²) >= 11 is 0. The minimum Gasteiger partial charge on any atom is -0.472 e. The highest BCUT2D eigenvalue weighted by Crippen LogP contribution is 2.56. The molecule has 0 radical (unpaired) electrons. The zero-order chi connectivity index (χ0) is 11.0. The molecule has 0 bridgehead atoms. The van der Waals surface area contributed by atoms with Crippen molar-refractivity contribution >= 4 is 0 Å². The van der Waals surface area contributed by atoms with E-state index in [1.54, 1.807) is 12.5 Å². The molecule has 3 fully saturated rings. The SMILES string of the molecule is C1=C[C@@H]2[C@H](O1)O[C@H]1O[C@@H]3O[C@@H]4OC=C[C@@H]4[C@@H]3[C@H]12. The van der Waals surface area contributed by atoms with Crippen molar-refractivity contribution in [1.82, 2.24) is 0 Å². The molecular formula is C12H12O5. The lowest BCUT2D eigenvalue weighted by Crippen LogP contribution is -2.28. The van der Waals surface area contributed by atoms with Crippen LogP contribution in [0.2, 0.25) is 0 Å². The Labute approximate surface area is 97.9 Å². The molecule has 90 valence electrons. The van der Waals surface area contributed by atoms with Crippen molar-refractivity contribution in [3.8, 4) is 0 Å². The van der Waals surface area contributed by atoms with Crippen molar-refractivity contribution in [1.29, 1.82) is 0 Å². The summed E-state index contributed by atoms with van der Waals surface area (Å²) in [7, 11) is 0. The molecule has 0 N–H and O–H groups in total. The Morgan fingerprint density at radius 1 is 0.588 bits per heavy atom. The van der Waals surface area contributed by atoms with Crippen LogP contribution in [0.1, 0.15) is 0 Å². The summed E-state index contributed by atoms with van der Waals surface area (Å²) in [6.07, 6.45) is 6.88. The summed E-state index contributed by atoms with van der Waals surface area (Å²) < 4.78 is 28.1. The van der Waals surface area contributed by atoms with Gasteiger partial charge in [-0.2, -0.15) is 0 Å². The monoisotopic (exact) mass is 236 g/mol. The normalized spacial score (nSPS) is 60.7. The molecule has 0 aromatic heterocycles. The van der Waals surface area contributed by atoms with Gasteiger partial charge in [0.25, 0.3) is 0 Å². The van der Waals surface area contributed by atoms with Gasteiger partial charge >= 0.3 is 0 Å². The third-order valence-electron chi connectivity index (χ3n) is 4.42. The summed E-state index contributed by atoms with van der Waals surface area (Å²) in [5.74, 6) is 1.19. The van der Waals surface area contributed by atoms with E-state index in [0.29, 0.717) is 11.8 Å². The largest absolute Gasteiger partial charge is 0.472 e. The Hall–Kier alpha value is -1.04. The van der Waals surface area contributed by atoms with Gasteiger partial charge in [-0.15, -0.1) is 0 Å². The van der Waals surface area contributed by atoms with E-state index < -0.39 is 0 Å². The Bertz CT molecular complexity index is 381. The van der Waals surface area contributed by atoms with Gasteiger partial charge in [0.05, 0.1) is 24.4 Å². The highest BCUT2D eigenvalue weighted by molar-refractivity contribution is 5.11. The molecule has 5 nitrogen and oxygen atoms in total. The molecule has 3 saturated heterocycles. The molecule has 5 aliphatic heterocycles. The molecule has 0 spiro atoms. The van der Waals surface area contributed by atoms with Crippen LogP contribution in [0.3, 0.4) is 0 Å². The summed E-state index contributed by atoms with van der Waals surface area (Å²) in [4.78, 5) is 0. The lowest BCUT2D eigenvalue weighted by atomic mass is 9.78. The van der Waals surface area contributed by atoms with Crippen molar-refractivity contribution in [3.05, 3.63) is 24.7 Å². The van der Waals surface area contributed by atoms with Crippen LogP contribution in [0.4, 0.5) is 0 Å². The average molecular weight is 236 g/mol. The van der Waals surface area contributed by atoms with Crippen LogP contribution in [0.5, 0.6) is 0 Å². The van der Waals surface area contributed by atoms with Gasteiger partial charge in [0, 0.05) is 11.8 Å². The van der Waals surface area contributed by atoms with Gasteiger partial charge in [-0.1, -0.05) is 0 Å². The van der Waals surface area contributed by atoms with E-state index >= 15 is 0 Å². The van der Waals surface area contributed by atoms with Gasteiger partial charge in [-0.3, -0.25) is 0 Å². The second kappa shape index (κ2) is 2.85. The van der Waals surface area contributed by atoms with E-state index in [1.165, 1.54) is 0 Å². The number of rotatable bonds is 0. The molecule has 5 aliphatic rings. The fraction of sp³-hybridized carbons (Fsp3) is 0.667. The highest BCUT2D eigenvalue weighted by Gasteiger charge is 2.64. The molecule has 5 heteroatoms. The second-order valence-corrected chi connectivity index (χ2v) is 5.12. The molecular weight excluding hydrogens is 224 g/mol. The maximum absolute atomic E-state index is 5.81. The van der Waals surface area contributed by atoms with E-state index in [2.05, 4.69) is 12.2 Å². The first-order chi connectivity index (χ1) is 8.42. The molecule has 5 rings (SSSR count). The Balaban J connectivity index is 1.53. The molecule has 8 atom stereocenters. The predicted octanol–water partition coefficient (Wildman–Crippen LogP) is 0.934. The smallest absolute Gasteiger partial charge is 0.208 e. The van der Waals surface area contributed by atoms with Gasteiger partial charge in [0.15, 0.2) is 12.6 Å². The van der Waals surface area contributed by atoms with Crippen LogP contribution in [-0.4, -0.2) is 25.2 Å². The van der Waals surface area contributed by atoms with E-state index in [9.17, 15) is 0 Å². The first kappa shape index (κ1) is 8.97. The van der Waals surface area contributed by atoms with Gasteiger partial charge < -0.3 is 23.7 Å². The van der Waals surface area contributed by atoms with Crippen LogP contribution < -0.4 is 0 Å². The van der Waals surface area contributed by atoms with Crippen LogP contribution in [0.15, 0.2) is 24.7 Å². The molecule has 0 aliphatic carbocycles. The summed E-state index contributed by atoms with van der Waals surface area (Å²) in [6.45, 7) is 0. The minimum atomic E-state index is -0.195. The fourth-order valence-corrected chi connectivity index (χ4v) is 3.72. The fourth-order valence-electron chi connectivity index (χ4n) is 3.72. The maximum Gasteiger partial charge on any atom is 0.208 e. The Morgan fingerprint density at radius 3 is 1.59 bits per heavy atom. The summed E-state index contributed by atoms with van der Waals surface area (Å²) in [6, 6.07) is 0. The van der Waals surface area contributed by atoms with Gasteiger partial charge in [-0.05, 0) is 12.2 Å². The Morgan fingerprint density at radius 2 is 1.06 bits per heavy atom. The number of hydrogen-bond acceptors (Lipinski definition) is 5. The van der Waals surface area contributed by atoms with E-state index in [-0.39, 0.29) is 37.0 Å². The zero-order valence-electron chi connectivity index (χ0n) is 8.97. The van der Waals surface area contributed by atoms with Gasteiger partial charge in [-0.25, -0.2) is 0 Å². The lowest BCUT2D eigenvalue weighted by molar-refractivity contribution is -0.254. The molecule has 0 aromatic carbocycles. The first-order valence-electron chi connectivity index (χ1n) is 6.02. The molecule has 0 aromatic rings. The summed E-state index contributed by atoms with van der Waals surface area (Å²) in [5, 5.41) is 0. The maximum atomic E-state index is 5.81. The van der Waals surface area contributed by atoms with Crippen LogP contribution in [-0.2, 0) is 23.7 Å². The minimum absolute atomic E-state index is 0.170. The summed E-state index contributed by atoms with van der Waals surface area (Å²) in [5.41, 5.74) is 0. The molecule has 17 heavy (non-hydrogen) atoms. The van der Waals surface area contributed by atoms with Crippen LogP contribution >= 0.6 is 0 Å². The van der Waals surface area contributed by atoms with Crippen molar-refractivity contribution in [3.63, 3.8) is 0 Å². The molecule has 0 saturated carbocycles. The highest BCUT2D eigenvalue weighted by atomic mass is 16.8. The van der Waals surface area contributed by atoms with Crippen molar-refractivity contribution in [2.45, 2.75) is 25.2 Å². The third kappa shape index (κ3) is 0.968. The second-order valence-electron chi connectivity index (χ2n) is 5.12. The molecule has 0 unspecified atom stereocenters. The zero-order valence-corrected chi connectivity index (χ0v) is 8.97. The van der Waals surface area contributed by atoms with E-state index in [1.807, 2.05) is 0 Å². The Kier molecular flexibility index (Phi) is 1.51.